The number of furan rings is 1. The molecule has 0 N–H and O–H groups in total. The van der Waals surface area contributed by atoms with E-state index in [2.05, 4.69) is 9.97 Å². The van der Waals surface area contributed by atoms with Crippen LogP contribution < -0.4 is 24.4 Å². The van der Waals surface area contributed by atoms with E-state index in [1.54, 1.807) is 31.2 Å². The molecule has 3 aromatic heterocycles. The molecule has 0 spiro atoms. The van der Waals surface area contributed by atoms with Crippen molar-refractivity contribution in [3.05, 3.63) is 120 Å². The molecule has 2 aliphatic heterocycles. The van der Waals surface area contributed by atoms with Crippen LogP contribution >= 0.6 is 23.1 Å². The van der Waals surface area contributed by atoms with Gasteiger partial charge in [0.2, 0.25) is 6.79 Å². The first-order valence-electron chi connectivity index (χ1n) is 14.2. The van der Waals surface area contributed by atoms with Gasteiger partial charge in [-0.15, -0.1) is 0 Å². The summed E-state index contributed by atoms with van der Waals surface area (Å²) in [4.78, 5) is 42.1. The van der Waals surface area contributed by atoms with Crippen molar-refractivity contribution in [2.45, 2.75) is 37.1 Å². The first-order valence-corrected chi connectivity index (χ1v) is 15.8. The summed E-state index contributed by atoms with van der Waals surface area (Å²) < 4.78 is 24.7. The van der Waals surface area contributed by atoms with Gasteiger partial charge in [0.1, 0.15) is 5.76 Å². The van der Waals surface area contributed by atoms with Crippen molar-refractivity contribution < 1.29 is 23.4 Å². The standard InChI is InChI=1S/C33H26N4O6S2/c1-4-40-31(39)27-28(20-8-6-5-7-9-20)36-33-37(29(27)21-10-12-23-24(15-21)42-17-41-23)30(38)25(44-33)16-22-11-13-26(43-22)45-32-34-18(2)14-19(3)35-32/h5-16,29H,4,17H2,1-3H3/b25-16+/t29-/m1/s1. The Morgan fingerprint density at radius 3 is 2.60 bits per heavy atom. The number of hydrogen-bond donors (Lipinski definition) is 0. The molecule has 226 valence electrons. The van der Waals surface area contributed by atoms with Crippen LogP contribution in [0.1, 0.15) is 41.2 Å². The average Bonchev–Trinajstić information content (AvgIpc) is 3.75. The maximum absolute atomic E-state index is 14.2. The van der Waals surface area contributed by atoms with Gasteiger partial charge < -0.3 is 18.6 Å². The molecule has 5 heterocycles. The van der Waals surface area contributed by atoms with Crippen molar-refractivity contribution in [2.24, 2.45) is 4.99 Å². The van der Waals surface area contributed by atoms with Crippen molar-refractivity contribution >= 4 is 40.8 Å². The normalized spacial score (nSPS) is 15.6. The monoisotopic (exact) mass is 638 g/mol. The average molecular weight is 639 g/mol. The Morgan fingerprint density at radius 2 is 1.82 bits per heavy atom. The molecule has 12 heteroatoms. The molecule has 0 amide bonds. The van der Waals surface area contributed by atoms with E-state index < -0.39 is 12.0 Å². The summed E-state index contributed by atoms with van der Waals surface area (Å²) in [5.74, 6) is 1.05. The quantitative estimate of drug-likeness (QED) is 0.183. The first kappa shape index (κ1) is 28.8. The highest BCUT2D eigenvalue weighted by Gasteiger charge is 2.36. The number of carbonyl (C=O) groups excluding carboxylic acids is 1. The fourth-order valence-electron chi connectivity index (χ4n) is 5.26. The van der Waals surface area contributed by atoms with Crippen LogP contribution in [0.15, 0.2) is 96.8 Å². The van der Waals surface area contributed by atoms with Gasteiger partial charge >= 0.3 is 5.97 Å². The van der Waals surface area contributed by atoms with E-state index in [-0.39, 0.29) is 24.5 Å². The van der Waals surface area contributed by atoms with Crippen LogP contribution in [0.5, 0.6) is 11.5 Å². The Labute approximate surface area is 265 Å². The molecular formula is C33H26N4O6S2. The van der Waals surface area contributed by atoms with Crippen LogP contribution in [-0.2, 0) is 9.53 Å². The Morgan fingerprint density at radius 1 is 1.04 bits per heavy atom. The van der Waals surface area contributed by atoms with E-state index in [1.165, 1.54) is 27.7 Å². The minimum absolute atomic E-state index is 0.0937. The molecule has 5 aromatic rings. The topological polar surface area (TPSA) is 118 Å². The zero-order chi connectivity index (χ0) is 31.1. The lowest BCUT2D eigenvalue weighted by molar-refractivity contribution is -0.138. The third-order valence-electron chi connectivity index (χ3n) is 7.12. The molecule has 7 rings (SSSR count). The summed E-state index contributed by atoms with van der Waals surface area (Å²) in [5.41, 5.74) is 3.49. The summed E-state index contributed by atoms with van der Waals surface area (Å²) >= 11 is 2.52. The molecule has 45 heavy (non-hydrogen) atoms. The van der Waals surface area contributed by atoms with Crippen LogP contribution in [0, 0.1) is 13.8 Å². The van der Waals surface area contributed by atoms with Crippen molar-refractivity contribution in [2.75, 3.05) is 13.4 Å². The van der Waals surface area contributed by atoms with Crippen LogP contribution in [0.25, 0.3) is 11.8 Å². The zero-order valence-electron chi connectivity index (χ0n) is 24.5. The Kier molecular flexibility index (Phi) is 7.60. The summed E-state index contributed by atoms with van der Waals surface area (Å²) in [7, 11) is 0. The molecule has 0 saturated carbocycles. The Balaban J connectivity index is 1.38. The second-order valence-electron chi connectivity index (χ2n) is 10.2. The van der Waals surface area contributed by atoms with E-state index in [4.69, 9.17) is 23.6 Å². The predicted molar refractivity (Wildman–Crippen MR) is 168 cm³/mol. The predicted octanol–water partition coefficient (Wildman–Crippen LogP) is 4.82. The number of rotatable bonds is 7. The highest BCUT2D eigenvalue weighted by atomic mass is 32.2. The van der Waals surface area contributed by atoms with Crippen LogP contribution in [-0.4, -0.2) is 33.9 Å². The zero-order valence-corrected chi connectivity index (χ0v) is 26.1. The van der Waals surface area contributed by atoms with Crippen LogP contribution in [0.2, 0.25) is 0 Å². The smallest absolute Gasteiger partial charge is 0.338 e. The number of hydrogen-bond acceptors (Lipinski definition) is 11. The van der Waals surface area contributed by atoms with Crippen molar-refractivity contribution in [3.63, 3.8) is 0 Å². The largest absolute Gasteiger partial charge is 0.463 e. The summed E-state index contributed by atoms with van der Waals surface area (Å²) in [5, 5.41) is 1.17. The number of thiazole rings is 1. The molecule has 1 atom stereocenters. The number of carbonyl (C=O) groups is 1. The first-order chi connectivity index (χ1) is 21.9. The van der Waals surface area contributed by atoms with Crippen LogP contribution in [0.3, 0.4) is 0 Å². The minimum Gasteiger partial charge on any atom is -0.463 e. The van der Waals surface area contributed by atoms with Crippen molar-refractivity contribution in [1.82, 2.24) is 14.5 Å². The highest BCUT2D eigenvalue weighted by Crippen LogP contribution is 2.40. The second-order valence-corrected chi connectivity index (χ2v) is 12.2. The van der Waals surface area contributed by atoms with Crippen LogP contribution in [0.4, 0.5) is 0 Å². The highest BCUT2D eigenvalue weighted by molar-refractivity contribution is 7.99. The number of benzene rings is 2. The number of ether oxygens (including phenoxy) is 3. The fourth-order valence-corrected chi connectivity index (χ4v) is 7.08. The van der Waals surface area contributed by atoms with Gasteiger partial charge in [-0.25, -0.2) is 19.8 Å². The number of aromatic nitrogens is 3. The molecule has 0 bridgehead atoms. The Bertz CT molecular complexity index is 2150. The second kappa shape index (κ2) is 11.9. The van der Waals surface area contributed by atoms with Crippen molar-refractivity contribution in [3.8, 4) is 11.5 Å². The molecule has 0 fully saturated rings. The lowest BCUT2D eigenvalue weighted by atomic mass is 9.93. The lowest BCUT2D eigenvalue weighted by Gasteiger charge is -2.26. The maximum Gasteiger partial charge on any atom is 0.338 e. The van der Waals surface area contributed by atoms with Gasteiger partial charge in [-0.1, -0.05) is 47.7 Å². The Hall–Kier alpha value is -4.94. The number of fused-ring (bicyclic) bond motifs is 2. The van der Waals surface area contributed by atoms with E-state index in [9.17, 15) is 9.59 Å². The summed E-state index contributed by atoms with van der Waals surface area (Å²) in [6.45, 7) is 5.83. The molecule has 0 unspecified atom stereocenters. The number of esters is 1. The third kappa shape index (κ3) is 5.58. The van der Waals surface area contributed by atoms with E-state index in [0.717, 1.165) is 17.0 Å². The SMILES string of the molecule is CCOC(=O)C1=C(c2ccccc2)N=c2s/c(=C/c3ccc(Sc4nc(C)cc(C)n4)o3)c(=O)n2[C@@H]1c1ccc2c(c1)OCO2. The number of nitrogens with zero attached hydrogens (tertiary/aromatic N) is 4. The number of aryl methyl sites for hydroxylation is 2. The van der Waals surface area contributed by atoms with Gasteiger partial charge in [-0.3, -0.25) is 9.36 Å². The molecule has 0 radical (unpaired) electrons. The molecular weight excluding hydrogens is 613 g/mol. The van der Waals surface area contributed by atoms with Gasteiger partial charge in [0.25, 0.3) is 5.56 Å². The van der Waals surface area contributed by atoms with Gasteiger partial charge in [0.05, 0.1) is 28.5 Å². The van der Waals surface area contributed by atoms with E-state index >= 15 is 0 Å². The van der Waals surface area contributed by atoms with Gasteiger partial charge in [-0.2, -0.15) is 0 Å². The maximum atomic E-state index is 14.2. The van der Waals surface area contributed by atoms with Gasteiger partial charge in [-0.05, 0) is 68.4 Å². The third-order valence-corrected chi connectivity index (χ3v) is 8.88. The van der Waals surface area contributed by atoms with Crippen molar-refractivity contribution in [1.29, 1.82) is 0 Å². The molecule has 10 nitrogen and oxygen atoms in total. The summed E-state index contributed by atoms with van der Waals surface area (Å²) in [6.07, 6.45) is 1.68. The summed E-state index contributed by atoms with van der Waals surface area (Å²) in [6, 6.07) is 19.5. The minimum atomic E-state index is -0.836. The lowest BCUT2D eigenvalue weighted by Crippen LogP contribution is -2.40. The van der Waals surface area contributed by atoms with Gasteiger partial charge in [0, 0.05) is 23.0 Å². The molecule has 2 aliphatic rings. The van der Waals surface area contributed by atoms with E-state index in [0.29, 0.717) is 48.1 Å². The van der Waals surface area contributed by atoms with E-state index in [1.807, 2.05) is 62.4 Å². The van der Waals surface area contributed by atoms with Gasteiger partial charge in [0.15, 0.2) is 26.5 Å². The molecule has 0 aliphatic carbocycles. The fraction of sp³-hybridized carbons (Fsp3) is 0.182. The molecule has 0 saturated heterocycles. The molecule has 2 aromatic carbocycles.